The van der Waals surface area contributed by atoms with Gasteiger partial charge in [0.15, 0.2) is 6.61 Å². The number of benzene rings is 2. The lowest BCUT2D eigenvalue weighted by Gasteiger charge is -2.09. The van der Waals surface area contributed by atoms with E-state index >= 15 is 0 Å². The van der Waals surface area contributed by atoms with Gasteiger partial charge in [0.25, 0.3) is 5.91 Å². The average molecular weight is 359 g/mol. The first-order valence-electron chi connectivity index (χ1n) is 7.26. The van der Waals surface area contributed by atoms with Gasteiger partial charge in [0.2, 0.25) is 0 Å². The van der Waals surface area contributed by atoms with Gasteiger partial charge in [-0.1, -0.05) is 17.7 Å². The van der Waals surface area contributed by atoms with Crippen molar-refractivity contribution in [3.8, 4) is 11.8 Å². The molecule has 2 aromatic rings. The zero-order valence-electron chi connectivity index (χ0n) is 13.6. The zero-order chi connectivity index (χ0) is 18.4. The van der Waals surface area contributed by atoms with Gasteiger partial charge in [0, 0.05) is 5.02 Å². The molecule has 2 rings (SSSR count). The van der Waals surface area contributed by atoms with Crippen LogP contribution < -0.4 is 10.1 Å². The van der Waals surface area contributed by atoms with E-state index < -0.39 is 18.5 Å². The van der Waals surface area contributed by atoms with Crippen molar-refractivity contribution < 1.29 is 19.1 Å². The molecule has 25 heavy (non-hydrogen) atoms. The van der Waals surface area contributed by atoms with E-state index in [1.54, 1.807) is 24.3 Å². The van der Waals surface area contributed by atoms with Gasteiger partial charge < -0.3 is 14.8 Å². The number of methoxy groups -OCH3 is 1. The summed E-state index contributed by atoms with van der Waals surface area (Å²) in [6.45, 7) is 1.35. The third-order valence-electron chi connectivity index (χ3n) is 3.35. The summed E-state index contributed by atoms with van der Waals surface area (Å²) < 4.78 is 10.1. The number of aryl methyl sites for hydroxylation is 1. The predicted molar refractivity (Wildman–Crippen MR) is 92.8 cm³/mol. The number of anilines is 1. The number of nitrogens with zero attached hydrogens (tertiary/aromatic N) is 1. The first-order valence-corrected chi connectivity index (χ1v) is 7.63. The third kappa shape index (κ3) is 4.72. The van der Waals surface area contributed by atoms with Crippen LogP contribution in [0.25, 0.3) is 0 Å². The second kappa shape index (κ2) is 8.18. The molecule has 0 aliphatic carbocycles. The van der Waals surface area contributed by atoms with Gasteiger partial charge in [-0.3, -0.25) is 4.79 Å². The first kappa shape index (κ1) is 18.3. The lowest BCUT2D eigenvalue weighted by atomic mass is 10.1. The van der Waals surface area contributed by atoms with Crippen LogP contribution in [-0.2, 0) is 9.53 Å². The molecular weight excluding hydrogens is 344 g/mol. The van der Waals surface area contributed by atoms with Gasteiger partial charge in [0.1, 0.15) is 11.8 Å². The summed E-state index contributed by atoms with van der Waals surface area (Å²) in [6.07, 6.45) is 0. The fraction of sp³-hybridized carbons (Fsp3) is 0.167. The Hall–Kier alpha value is -3.04. The molecule has 0 aliphatic rings. The molecule has 6 nitrogen and oxygen atoms in total. The molecule has 0 fully saturated rings. The molecule has 0 radical (unpaired) electrons. The van der Waals surface area contributed by atoms with E-state index in [1.165, 1.54) is 19.2 Å². The topological polar surface area (TPSA) is 88.4 Å². The maximum absolute atomic E-state index is 12.0. The summed E-state index contributed by atoms with van der Waals surface area (Å²) in [5.74, 6) is -0.678. The number of rotatable bonds is 5. The molecule has 128 valence electrons. The largest absolute Gasteiger partial charge is 0.496 e. The summed E-state index contributed by atoms with van der Waals surface area (Å²) in [5.41, 5.74) is 1.66. The van der Waals surface area contributed by atoms with Crippen LogP contribution >= 0.6 is 11.6 Å². The number of esters is 1. The molecule has 0 heterocycles. The van der Waals surface area contributed by atoms with Gasteiger partial charge in [-0.25, -0.2) is 4.79 Å². The van der Waals surface area contributed by atoms with E-state index in [2.05, 4.69) is 5.32 Å². The Morgan fingerprint density at radius 1 is 1.24 bits per heavy atom. The Morgan fingerprint density at radius 2 is 2.00 bits per heavy atom. The van der Waals surface area contributed by atoms with Crippen LogP contribution in [0.4, 0.5) is 5.69 Å². The van der Waals surface area contributed by atoms with E-state index in [0.717, 1.165) is 5.56 Å². The summed E-state index contributed by atoms with van der Waals surface area (Å²) >= 11 is 5.85. The molecule has 0 aliphatic heterocycles. The number of hydrogen-bond acceptors (Lipinski definition) is 5. The molecule has 2 aromatic carbocycles. The second-order valence-electron chi connectivity index (χ2n) is 5.11. The van der Waals surface area contributed by atoms with E-state index in [0.29, 0.717) is 10.8 Å². The molecule has 0 saturated carbocycles. The summed E-state index contributed by atoms with van der Waals surface area (Å²) in [7, 11) is 1.50. The predicted octanol–water partition coefficient (Wildman–Crippen LogP) is 3.32. The lowest BCUT2D eigenvalue weighted by Crippen LogP contribution is -2.21. The van der Waals surface area contributed by atoms with Crippen molar-refractivity contribution in [1.82, 2.24) is 0 Å². The quantitative estimate of drug-likeness (QED) is 0.828. The zero-order valence-corrected chi connectivity index (χ0v) is 14.4. The van der Waals surface area contributed by atoms with Crippen LogP contribution in [-0.4, -0.2) is 25.6 Å². The highest BCUT2D eigenvalue weighted by Crippen LogP contribution is 2.21. The van der Waals surface area contributed by atoms with Gasteiger partial charge in [-0.2, -0.15) is 5.26 Å². The number of carbonyl (C=O) groups excluding carboxylic acids is 2. The smallest absolute Gasteiger partial charge is 0.338 e. The Labute approximate surface area is 149 Å². The normalized spacial score (nSPS) is 9.84. The maximum atomic E-state index is 12.0. The van der Waals surface area contributed by atoms with Crippen LogP contribution in [0.2, 0.25) is 5.02 Å². The number of nitrogens with one attached hydrogen (secondary N) is 1. The maximum Gasteiger partial charge on any atom is 0.338 e. The minimum Gasteiger partial charge on any atom is -0.496 e. The van der Waals surface area contributed by atoms with Crippen molar-refractivity contribution in [3.63, 3.8) is 0 Å². The fourth-order valence-corrected chi connectivity index (χ4v) is 2.24. The van der Waals surface area contributed by atoms with Crippen LogP contribution in [0.15, 0.2) is 36.4 Å². The molecule has 0 spiro atoms. The average Bonchev–Trinajstić information content (AvgIpc) is 2.60. The summed E-state index contributed by atoms with van der Waals surface area (Å²) in [4.78, 5) is 24.0. The third-order valence-corrected chi connectivity index (χ3v) is 3.59. The fourth-order valence-electron chi connectivity index (χ4n) is 2.07. The Bertz CT molecular complexity index is 859. The van der Waals surface area contributed by atoms with Gasteiger partial charge in [0.05, 0.1) is 23.9 Å². The van der Waals surface area contributed by atoms with Gasteiger partial charge in [-0.05, 0) is 42.8 Å². The number of halogens is 1. The number of amides is 1. The van der Waals surface area contributed by atoms with E-state index in [1.807, 2.05) is 13.0 Å². The van der Waals surface area contributed by atoms with E-state index in [4.69, 9.17) is 26.3 Å². The highest BCUT2D eigenvalue weighted by Gasteiger charge is 2.13. The lowest BCUT2D eigenvalue weighted by molar-refractivity contribution is -0.119. The summed E-state index contributed by atoms with van der Waals surface area (Å²) in [6, 6.07) is 11.3. The second-order valence-corrected chi connectivity index (χ2v) is 5.55. The van der Waals surface area contributed by atoms with Crippen LogP contribution in [0.1, 0.15) is 21.5 Å². The Balaban J connectivity index is 1.99. The van der Waals surface area contributed by atoms with Crippen LogP contribution in [0.3, 0.4) is 0 Å². The van der Waals surface area contributed by atoms with E-state index in [-0.39, 0.29) is 16.8 Å². The molecular formula is C18H15ClN2O4. The minimum atomic E-state index is -0.653. The molecule has 0 unspecified atom stereocenters. The van der Waals surface area contributed by atoms with Crippen molar-refractivity contribution >= 4 is 29.2 Å². The van der Waals surface area contributed by atoms with Crippen LogP contribution in [0, 0.1) is 18.3 Å². The van der Waals surface area contributed by atoms with Crippen molar-refractivity contribution in [1.29, 1.82) is 5.26 Å². The highest BCUT2D eigenvalue weighted by molar-refractivity contribution is 6.31. The van der Waals surface area contributed by atoms with E-state index in [9.17, 15) is 9.59 Å². The van der Waals surface area contributed by atoms with Crippen molar-refractivity contribution in [2.24, 2.45) is 0 Å². The van der Waals surface area contributed by atoms with Crippen molar-refractivity contribution in [3.05, 3.63) is 58.1 Å². The highest BCUT2D eigenvalue weighted by atomic mass is 35.5. The Kier molecular flexibility index (Phi) is 5.98. The molecule has 0 saturated heterocycles. The molecule has 1 amide bonds. The molecule has 7 heteroatoms. The van der Waals surface area contributed by atoms with Crippen LogP contribution in [0.5, 0.6) is 5.75 Å². The van der Waals surface area contributed by atoms with Crippen molar-refractivity contribution in [2.75, 3.05) is 19.0 Å². The number of nitriles is 1. The Morgan fingerprint density at radius 3 is 2.68 bits per heavy atom. The molecule has 0 aromatic heterocycles. The van der Waals surface area contributed by atoms with Crippen molar-refractivity contribution in [2.45, 2.75) is 6.92 Å². The standard InChI is InChI=1S/C18H15ClN2O4/c1-11-3-4-12(7-16(11)24-2)18(23)25-10-17(22)21-15-8-14(19)6-5-13(15)9-20/h3-8H,10H2,1-2H3,(H,21,22). The summed E-state index contributed by atoms with van der Waals surface area (Å²) in [5, 5.41) is 11.9. The number of carbonyl (C=O) groups is 2. The molecule has 0 bridgehead atoms. The number of hydrogen-bond donors (Lipinski definition) is 1. The number of ether oxygens (including phenoxy) is 2. The molecule has 1 N–H and O–H groups in total. The SMILES string of the molecule is COc1cc(C(=O)OCC(=O)Nc2cc(Cl)ccc2C#N)ccc1C. The van der Waals surface area contributed by atoms with Gasteiger partial charge in [-0.15, -0.1) is 0 Å². The molecule has 0 atom stereocenters. The monoisotopic (exact) mass is 358 g/mol. The van der Waals surface area contributed by atoms with Gasteiger partial charge >= 0.3 is 5.97 Å². The minimum absolute atomic E-state index is 0.257. The first-order chi connectivity index (χ1) is 11.9.